The van der Waals surface area contributed by atoms with Gasteiger partial charge in [-0.05, 0) is 50.2 Å². The molecule has 9 heteroatoms. The maximum absolute atomic E-state index is 14.1. The lowest BCUT2D eigenvalue weighted by molar-refractivity contribution is -0.148. The number of ether oxygens (including phenoxy) is 2. The van der Waals surface area contributed by atoms with Gasteiger partial charge in [0.25, 0.3) is 0 Å². The van der Waals surface area contributed by atoms with E-state index in [0.29, 0.717) is 37.4 Å². The topological polar surface area (TPSA) is 91.4 Å². The second kappa shape index (κ2) is 14.3. The fraction of sp³-hybridized carbons (Fsp3) is 0.344. The van der Waals surface area contributed by atoms with Gasteiger partial charge in [0, 0.05) is 31.7 Å². The SMILES string of the molecule is COC(=O)[C@H]1CCN(C(=O)N(c2ccccc2)c2ccccc2)[C@H](C(=O)NCCN(C)Cc2ccccc2OC)C1. The molecule has 1 saturated heterocycles. The van der Waals surface area contributed by atoms with Crippen LogP contribution in [0.15, 0.2) is 84.9 Å². The normalized spacial score (nSPS) is 16.6. The maximum atomic E-state index is 14.1. The molecular formula is C32H38N4O5. The Morgan fingerprint density at radius 2 is 1.51 bits per heavy atom. The minimum absolute atomic E-state index is 0.193. The van der Waals surface area contributed by atoms with Gasteiger partial charge in [-0.3, -0.25) is 14.5 Å². The molecule has 1 N–H and O–H groups in total. The number of urea groups is 1. The molecular weight excluding hydrogens is 520 g/mol. The summed E-state index contributed by atoms with van der Waals surface area (Å²) in [5.41, 5.74) is 2.43. The third kappa shape index (κ3) is 7.43. The lowest BCUT2D eigenvalue weighted by atomic mass is 9.90. The summed E-state index contributed by atoms with van der Waals surface area (Å²) in [7, 11) is 4.97. The number of esters is 1. The van der Waals surface area contributed by atoms with Crippen molar-refractivity contribution in [1.29, 1.82) is 0 Å². The van der Waals surface area contributed by atoms with E-state index in [-0.39, 0.29) is 30.9 Å². The summed E-state index contributed by atoms with van der Waals surface area (Å²) < 4.78 is 10.4. The number of amides is 3. The Balaban J connectivity index is 1.49. The molecule has 9 nitrogen and oxygen atoms in total. The van der Waals surface area contributed by atoms with E-state index in [1.807, 2.05) is 92.0 Å². The predicted molar refractivity (Wildman–Crippen MR) is 158 cm³/mol. The number of piperidine rings is 1. The molecule has 4 rings (SSSR count). The van der Waals surface area contributed by atoms with E-state index in [1.165, 1.54) is 7.11 Å². The number of benzene rings is 3. The van der Waals surface area contributed by atoms with Crippen LogP contribution < -0.4 is 15.0 Å². The van der Waals surface area contributed by atoms with Gasteiger partial charge in [-0.25, -0.2) is 4.79 Å². The van der Waals surface area contributed by atoms with Crippen molar-refractivity contribution in [3.8, 4) is 5.75 Å². The first-order chi connectivity index (χ1) is 19.9. The van der Waals surface area contributed by atoms with Crippen molar-refractivity contribution in [3.05, 3.63) is 90.5 Å². The third-order valence-electron chi connectivity index (χ3n) is 7.33. The standard InChI is InChI=1S/C32H38N4O5/c1-34(23-25-12-10-11-17-29(25)40-2)21-19-33-30(37)28-22-24(31(38)41-3)18-20-35(28)32(39)36(26-13-6-4-7-14-26)27-15-8-5-9-16-27/h4-17,24,28H,18-23H2,1-3H3,(H,33,37)/t24-,28-/m0/s1. The van der Waals surface area contributed by atoms with Crippen LogP contribution in [0.3, 0.4) is 0 Å². The number of hydrogen-bond acceptors (Lipinski definition) is 6. The van der Waals surface area contributed by atoms with Crippen molar-refractivity contribution < 1.29 is 23.9 Å². The molecule has 0 aliphatic carbocycles. The van der Waals surface area contributed by atoms with Crippen LogP contribution in [-0.4, -0.2) is 74.7 Å². The molecule has 41 heavy (non-hydrogen) atoms. The smallest absolute Gasteiger partial charge is 0.329 e. The lowest BCUT2D eigenvalue weighted by Crippen LogP contribution is -2.57. The molecule has 1 aliphatic heterocycles. The van der Waals surface area contributed by atoms with Crippen LogP contribution in [0.5, 0.6) is 5.75 Å². The number of hydrogen-bond donors (Lipinski definition) is 1. The highest BCUT2D eigenvalue weighted by Crippen LogP contribution is 2.31. The zero-order chi connectivity index (χ0) is 29.2. The summed E-state index contributed by atoms with van der Waals surface area (Å²) in [5.74, 6) is -0.307. The molecule has 0 radical (unpaired) electrons. The monoisotopic (exact) mass is 558 g/mol. The molecule has 0 spiro atoms. The van der Waals surface area contributed by atoms with Gasteiger partial charge >= 0.3 is 12.0 Å². The molecule has 216 valence electrons. The quantitative estimate of drug-likeness (QED) is 0.370. The minimum atomic E-state index is -0.824. The van der Waals surface area contributed by atoms with Crippen molar-refractivity contribution in [3.63, 3.8) is 0 Å². The number of nitrogens with one attached hydrogen (secondary N) is 1. The number of likely N-dealkylation sites (N-methyl/N-ethyl adjacent to an activating group) is 1. The highest BCUT2D eigenvalue weighted by molar-refractivity contribution is 6.01. The first-order valence-electron chi connectivity index (χ1n) is 13.8. The molecule has 0 bridgehead atoms. The van der Waals surface area contributed by atoms with E-state index in [0.717, 1.165) is 11.3 Å². The van der Waals surface area contributed by atoms with Gasteiger partial charge in [0.05, 0.1) is 31.5 Å². The van der Waals surface area contributed by atoms with Gasteiger partial charge in [-0.1, -0.05) is 54.6 Å². The summed E-state index contributed by atoms with van der Waals surface area (Å²) >= 11 is 0. The molecule has 1 heterocycles. The van der Waals surface area contributed by atoms with Gasteiger partial charge in [0.15, 0.2) is 0 Å². The van der Waals surface area contributed by atoms with E-state index in [4.69, 9.17) is 9.47 Å². The molecule has 0 saturated carbocycles. The number of carbonyl (C=O) groups is 3. The Hall–Kier alpha value is -4.37. The van der Waals surface area contributed by atoms with Gasteiger partial charge in [-0.15, -0.1) is 0 Å². The summed E-state index contributed by atoms with van der Waals surface area (Å²) in [5, 5.41) is 3.00. The molecule has 0 aromatic heterocycles. The fourth-order valence-electron chi connectivity index (χ4n) is 5.17. The van der Waals surface area contributed by atoms with Crippen molar-refractivity contribution >= 4 is 29.3 Å². The Morgan fingerprint density at radius 1 is 0.902 bits per heavy atom. The van der Waals surface area contributed by atoms with Gasteiger partial charge in [0.1, 0.15) is 11.8 Å². The van der Waals surface area contributed by atoms with Gasteiger partial charge in [-0.2, -0.15) is 0 Å². The highest BCUT2D eigenvalue weighted by atomic mass is 16.5. The number of rotatable bonds is 10. The Labute approximate surface area is 241 Å². The Kier molecular flexibility index (Phi) is 10.3. The van der Waals surface area contributed by atoms with Crippen molar-refractivity contribution in [1.82, 2.24) is 15.1 Å². The van der Waals surface area contributed by atoms with Crippen molar-refractivity contribution in [2.45, 2.75) is 25.4 Å². The van der Waals surface area contributed by atoms with E-state index >= 15 is 0 Å². The van der Waals surface area contributed by atoms with Crippen LogP contribution in [0.25, 0.3) is 0 Å². The van der Waals surface area contributed by atoms with E-state index in [1.54, 1.807) is 16.9 Å². The molecule has 3 aromatic rings. The molecule has 0 unspecified atom stereocenters. The largest absolute Gasteiger partial charge is 0.496 e. The maximum Gasteiger partial charge on any atom is 0.329 e. The van der Waals surface area contributed by atoms with E-state index < -0.39 is 12.0 Å². The van der Waals surface area contributed by atoms with E-state index in [9.17, 15) is 14.4 Å². The fourth-order valence-corrected chi connectivity index (χ4v) is 5.17. The number of nitrogens with zero attached hydrogens (tertiary/aromatic N) is 3. The van der Waals surface area contributed by atoms with Crippen LogP contribution in [0.4, 0.5) is 16.2 Å². The average Bonchev–Trinajstić information content (AvgIpc) is 3.01. The third-order valence-corrected chi connectivity index (χ3v) is 7.33. The second-order valence-corrected chi connectivity index (χ2v) is 10.1. The van der Waals surface area contributed by atoms with E-state index in [2.05, 4.69) is 10.2 Å². The van der Waals surface area contributed by atoms with Crippen molar-refractivity contribution in [2.75, 3.05) is 45.8 Å². The molecule has 1 fully saturated rings. The summed E-state index contributed by atoms with van der Waals surface area (Å²) in [4.78, 5) is 45.4. The first kappa shape index (κ1) is 29.6. The van der Waals surface area contributed by atoms with Crippen molar-refractivity contribution in [2.24, 2.45) is 5.92 Å². The Bertz CT molecular complexity index is 1260. The molecule has 2 atom stereocenters. The van der Waals surface area contributed by atoms with Crippen LogP contribution >= 0.6 is 0 Å². The van der Waals surface area contributed by atoms with Gasteiger partial charge < -0.3 is 24.6 Å². The zero-order valence-electron chi connectivity index (χ0n) is 23.9. The average molecular weight is 559 g/mol. The summed E-state index contributed by atoms with van der Waals surface area (Å²) in [6.07, 6.45) is 0.611. The second-order valence-electron chi connectivity index (χ2n) is 10.1. The Morgan fingerprint density at radius 3 is 2.12 bits per heavy atom. The van der Waals surface area contributed by atoms with Crippen LogP contribution in [0.1, 0.15) is 18.4 Å². The van der Waals surface area contributed by atoms with Crippen LogP contribution in [0.2, 0.25) is 0 Å². The first-order valence-corrected chi connectivity index (χ1v) is 13.8. The van der Waals surface area contributed by atoms with Crippen LogP contribution in [0, 0.1) is 5.92 Å². The van der Waals surface area contributed by atoms with Crippen LogP contribution in [-0.2, 0) is 20.9 Å². The van der Waals surface area contributed by atoms with Gasteiger partial charge in [0.2, 0.25) is 5.91 Å². The molecule has 3 aromatic carbocycles. The predicted octanol–water partition coefficient (Wildman–Crippen LogP) is 4.46. The minimum Gasteiger partial charge on any atom is -0.496 e. The number of likely N-dealkylation sites (tertiary alicyclic amines) is 1. The number of carbonyl (C=O) groups excluding carboxylic acids is 3. The number of anilines is 2. The summed E-state index contributed by atoms with van der Waals surface area (Å²) in [6.45, 7) is 1.88. The highest BCUT2D eigenvalue weighted by Gasteiger charge is 2.41. The molecule has 1 aliphatic rings. The summed E-state index contributed by atoms with van der Waals surface area (Å²) in [6, 6.07) is 25.4. The zero-order valence-corrected chi connectivity index (χ0v) is 23.9. The number of methoxy groups -OCH3 is 2. The number of para-hydroxylation sites is 3. The molecule has 3 amide bonds. The lowest BCUT2D eigenvalue weighted by Gasteiger charge is -2.40.